The first-order chi connectivity index (χ1) is 10.8. The quantitative estimate of drug-likeness (QED) is 0.840. The lowest BCUT2D eigenvalue weighted by molar-refractivity contribution is 0.435. The zero-order valence-electron chi connectivity index (χ0n) is 12.6. The van der Waals surface area contributed by atoms with Crippen LogP contribution < -0.4 is 10.6 Å². The van der Waals surface area contributed by atoms with Crippen molar-refractivity contribution in [1.82, 2.24) is 10.3 Å². The summed E-state index contributed by atoms with van der Waals surface area (Å²) in [6.45, 7) is 0.878. The molecule has 0 unspecified atom stereocenters. The molecule has 0 atom stereocenters. The Morgan fingerprint density at radius 2 is 1.86 bits per heavy atom. The van der Waals surface area contributed by atoms with Gasteiger partial charge in [0.2, 0.25) is 0 Å². The van der Waals surface area contributed by atoms with E-state index >= 15 is 0 Å². The molecule has 1 heterocycles. The number of hydrogen-bond donors (Lipinski definition) is 2. The molecule has 0 bridgehead atoms. The molecule has 1 saturated carbocycles. The largest absolute Gasteiger partial charge is 0.362 e. The molecule has 4 heteroatoms. The van der Waals surface area contributed by atoms with Crippen molar-refractivity contribution >= 4 is 23.0 Å². The summed E-state index contributed by atoms with van der Waals surface area (Å²) in [4.78, 5) is 4.09. The Balaban J connectivity index is 1.64. The maximum absolute atomic E-state index is 5.42. The summed E-state index contributed by atoms with van der Waals surface area (Å²) in [6, 6.07) is 14.7. The van der Waals surface area contributed by atoms with E-state index in [1.165, 1.54) is 31.2 Å². The highest BCUT2D eigenvalue weighted by Crippen LogP contribution is 2.40. The van der Waals surface area contributed by atoms with Gasteiger partial charge in [-0.05, 0) is 42.8 Å². The second-order valence-electron chi connectivity index (χ2n) is 5.90. The van der Waals surface area contributed by atoms with Gasteiger partial charge in [-0.1, -0.05) is 43.2 Å². The summed E-state index contributed by atoms with van der Waals surface area (Å²) in [5.41, 5.74) is 2.55. The topological polar surface area (TPSA) is 37.0 Å². The van der Waals surface area contributed by atoms with Crippen molar-refractivity contribution in [3.8, 4) is 0 Å². The van der Waals surface area contributed by atoms with Crippen LogP contribution in [0.2, 0.25) is 0 Å². The van der Waals surface area contributed by atoms with E-state index < -0.39 is 0 Å². The molecule has 2 aromatic rings. The van der Waals surface area contributed by atoms with Gasteiger partial charge in [0, 0.05) is 18.2 Å². The number of hydrogen-bond acceptors (Lipinski definition) is 2. The monoisotopic (exact) mass is 311 g/mol. The first-order valence-electron chi connectivity index (χ1n) is 7.79. The molecule has 0 amide bonds. The first kappa shape index (κ1) is 15.0. The number of nitrogens with zero attached hydrogens (tertiary/aromatic N) is 1. The third-order valence-corrected chi connectivity index (χ3v) is 4.70. The highest BCUT2D eigenvalue weighted by Gasteiger charge is 2.35. The fourth-order valence-corrected chi connectivity index (χ4v) is 3.46. The summed E-state index contributed by atoms with van der Waals surface area (Å²) < 4.78 is 0. The molecule has 1 aliphatic rings. The Labute approximate surface area is 137 Å². The van der Waals surface area contributed by atoms with Gasteiger partial charge in [0.05, 0.1) is 11.9 Å². The van der Waals surface area contributed by atoms with Crippen LogP contribution in [0.3, 0.4) is 0 Å². The second kappa shape index (κ2) is 6.88. The minimum absolute atomic E-state index is 0.210. The van der Waals surface area contributed by atoms with E-state index in [2.05, 4.69) is 45.9 Å². The van der Waals surface area contributed by atoms with Crippen molar-refractivity contribution in [1.29, 1.82) is 0 Å². The molecule has 1 fully saturated rings. The van der Waals surface area contributed by atoms with E-state index in [0.29, 0.717) is 5.11 Å². The van der Waals surface area contributed by atoms with Crippen LogP contribution in [0.1, 0.15) is 31.2 Å². The van der Waals surface area contributed by atoms with E-state index in [9.17, 15) is 0 Å². The number of thiocarbonyl (C=S) groups is 1. The predicted octanol–water partition coefficient (Wildman–Crippen LogP) is 3.88. The van der Waals surface area contributed by atoms with Crippen molar-refractivity contribution in [2.24, 2.45) is 0 Å². The fraction of sp³-hybridized carbons (Fsp3) is 0.333. The lowest BCUT2D eigenvalue weighted by atomic mass is 9.79. The van der Waals surface area contributed by atoms with Crippen LogP contribution in [0.4, 0.5) is 5.69 Å². The molecule has 2 N–H and O–H groups in total. The molecule has 1 aromatic heterocycles. The third-order valence-electron chi connectivity index (χ3n) is 4.45. The Morgan fingerprint density at radius 1 is 1.09 bits per heavy atom. The zero-order chi connectivity index (χ0) is 15.3. The number of rotatable bonds is 4. The van der Waals surface area contributed by atoms with Crippen LogP contribution in [0.25, 0.3) is 0 Å². The molecule has 1 aromatic carbocycles. The van der Waals surface area contributed by atoms with Gasteiger partial charge in [0.1, 0.15) is 0 Å². The van der Waals surface area contributed by atoms with Gasteiger partial charge >= 0.3 is 0 Å². The number of aromatic nitrogens is 1. The average molecular weight is 311 g/mol. The predicted molar refractivity (Wildman–Crippen MR) is 95.0 cm³/mol. The molecular weight excluding hydrogens is 290 g/mol. The molecule has 114 valence electrons. The minimum Gasteiger partial charge on any atom is -0.362 e. The summed E-state index contributed by atoms with van der Waals surface area (Å²) >= 11 is 5.42. The lowest BCUT2D eigenvalue weighted by Crippen LogP contribution is -2.40. The minimum atomic E-state index is 0.210. The number of pyridine rings is 1. The second-order valence-corrected chi connectivity index (χ2v) is 6.31. The van der Waals surface area contributed by atoms with E-state index in [4.69, 9.17) is 12.2 Å². The standard InChI is InChI=1S/C18H21N3S/c22-17(21-16-9-6-12-19-13-16)20-14-18(10-4-5-11-18)15-7-2-1-3-8-15/h1-3,6-9,12-13H,4-5,10-11,14H2,(H2,20,21,22). The Bertz CT molecular complexity index is 607. The number of anilines is 1. The fourth-order valence-electron chi connectivity index (χ4n) is 3.27. The Hall–Kier alpha value is -1.94. The first-order valence-corrected chi connectivity index (χ1v) is 8.20. The van der Waals surface area contributed by atoms with Gasteiger partial charge in [-0.2, -0.15) is 0 Å². The summed E-state index contributed by atoms with van der Waals surface area (Å²) in [5.74, 6) is 0. The highest BCUT2D eigenvalue weighted by molar-refractivity contribution is 7.80. The summed E-state index contributed by atoms with van der Waals surface area (Å²) in [7, 11) is 0. The lowest BCUT2D eigenvalue weighted by Gasteiger charge is -2.30. The molecular formula is C18H21N3S. The molecule has 0 saturated heterocycles. The van der Waals surface area contributed by atoms with Crippen LogP contribution in [0.15, 0.2) is 54.9 Å². The van der Waals surface area contributed by atoms with E-state index in [0.717, 1.165) is 12.2 Å². The summed E-state index contributed by atoms with van der Waals surface area (Å²) in [5, 5.41) is 7.26. The molecule has 22 heavy (non-hydrogen) atoms. The van der Waals surface area contributed by atoms with Crippen molar-refractivity contribution in [3.05, 3.63) is 60.4 Å². The third kappa shape index (κ3) is 3.45. The number of benzene rings is 1. The average Bonchev–Trinajstić information content (AvgIpc) is 3.05. The van der Waals surface area contributed by atoms with Gasteiger partial charge in [-0.15, -0.1) is 0 Å². The van der Waals surface area contributed by atoms with Crippen molar-refractivity contribution in [2.45, 2.75) is 31.1 Å². The maximum Gasteiger partial charge on any atom is 0.170 e. The van der Waals surface area contributed by atoms with Crippen LogP contribution in [-0.4, -0.2) is 16.6 Å². The van der Waals surface area contributed by atoms with Gasteiger partial charge < -0.3 is 10.6 Å². The van der Waals surface area contributed by atoms with Crippen LogP contribution in [0, 0.1) is 0 Å². The van der Waals surface area contributed by atoms with Gasteiger partial charge in [-0.3, -0.25) is 4.98 Å². The summed E-state index contributed by atoms with van der Waals surface area (Å²) in [6.07, 6.45) is 8.55. The molecule has 0 aliphatic heterocycles. The van der Waals surface area contributed by atoms with E-state index in [-0.39, 0.29) is 5.41 Å². The zero-order valence-corrected chi connectivity index (χ0v) is 13.4. The molecule has 1 aliphatic carbocycles. The van der Waals surface area contributed by atoms with Gasteiger partial charge in [0.25, 0.3) is 0 Å². The van der Waals surface area contributed by atoms with Crippen LogP contribution in [0.5, 0.6) is 0 Å². The van der Waals surface area contributed by atoms with Crippen molar-refractivity contribution < 1.29 is 0 Å². The Kier molecular flexibility index (Phi) is 4.68. The van der Waals surface area contributed by atoms with Crippen LogP contribution >= 0.6 is 12.2 Å². The van der Waals surface area contributed by atoms with E-state index in [1.54, 1.807) is 12.4 Å². The SMILES string of the molecule is S=C(NCC1(c2ccccc2)CCCC1)Nc1cccnc1. The molecule has 3 rings (SSSR count). The normalized spacial score (nSPS) is 16.2. The smallest absolute Gasteiger partial charge is 0.170 e. The van der Waals surface area contributed by atoms with Gasteiger partial charge in [-0.25, -0.2) is 0 Å². The Morgan fingerprint density at radius 3 is 2.55 bits per heavy atom. The van der Waals surface area contributed by atoms with Crippen molar-refractivity contribution in [3.63, 3.8) is 0 Å². The molecule has 3 nitrogen and oxygen atoms in total. The number of nitrogens with one attached hydrogen (secondary N) is 2. The van der Waals surface area contributed by atoms with E-state index in [1.807, 2.05) is 12.1 Å². The van der Waals surface area contributed by atoms with Crippen LogP contribution in [-0.2, 0) is 5.41 Å². The van der Waals surface area contributed by atoms with Crippen molar-refractivity contribution in [2.75, 3.05) is 11.9 Å². The maximum atomic E-state index is 5.42. The molecule has 0 spiro atoms. The highest BCUT2D eigenvalue weighted by atomic mass is 32.1. The van der Waals surface area contributed by atoms with Gasteiger partial charge in [0.15, 0.2) is 5.11 Å². The molecule has 0 radical (unpaired) electrons.